The molecule has 2 aliphatic rings. The van der Waals surface area contributed by atoms with Gasteiger partial charge in [-0.05, 0) is 48.0 Å². The Balaban J connectivity index is 1.52. The number of benzene rings is 2. The largest absolute Gasteiger partial charge is 0.486 e. The molecule has 2 aliphatic heterocycles. The molecule has 0 radical (unpaired) electrons. The predicted octanol–water partition coefficient (Wildman–Crippen LogP) is 5.01. The fraction of sp³-hybridized carbons (Fsp3) is 0.143. The minimum atomic E-state index is -4.68. The lowest BCUT2D eigenvalue weighted by Gasteiger charge is -2.20. The van der Waals surface area contributed by atoms with Crippen LogP contribution < -0.4 is 4.74 Å². The summed E-state index contributed by atoms with van der Waals surface area (Å²) in [7, 11) is 0. The van der Waals surface area contributed by atoms with Gasteiger partial charge in [0.2, 0.25) is 10.2 Å². The van der Waals surface area contributed by atoms with Gasteiger partial charge in [0, 0.05) is 0 Å². The van der Waals surface area contributed by atoms with E-state index in [1.807, 2.05) is 37.3 Å². The zero-order valence-corrected chi connectivity index (χ0v) is 16.9. The topological polar surface area (TPSA) is 78.1 Å². The van der Waals surface area contributed by atoms with Crippen LogP contribution in [0.4, 0.5) is 13.2 Å². The number of nitrogens with one attached hydrogen (secondary N) is 1. The van der Waals surface area contributed by atoms with Crippen molar-refractivity contribution in [2.24, 2.45) is 10.1 Å². The molecule has 2 aromatic carbocycles. The highest BCUT2D eigenvalue weighted by Crippen LogP contribution is 2.35. The number of ether oxygens (including phenoxy) is 1. The molecule has 2 heterocycles. The van der Waals surface area contributed by atoms with Crippen LogP contribution in [0.2, 0.25) is 0 Å². The summed E-state index contributed by atoms with van der Waals surface area (Å²) in [6.45, 7) is 1.92. The summed E-state index contributed by atoms with van der Waals surface area (Å²) in [5.74, 6) is -0.639. The maximum atomic E-state index is 12.9. The second kappa shape index (κ2) is 8.03. The van der Waals surface area contributed by atoms with Crippen molar-refractivity contribution in [1.29, 1.82) is 5.41 Å². The number of aliphatic imine (C=N–C) groups is 1. The van der Waals surface area contributed by atoms with E-state index in [0.717, 1.165) is 10.6 Å². The van der Waals surface area contributed by atoms with Gasteiger partial charge in [-0.1, -0.05) is 42.5 Å². The van der Waals surface area contributed by atoms with Crippen LogP contribution in [-0.4, -0.2) is 33.1 Å². The molecule has 0 aliphatic carbocycles. The van der Waals surface area contributed by atoms with Crippen LogP contribution in [0, 0.1) is 5.41 Å². The van der Waals surface area contributed by atoms with E-state index in [0.29, 0.717) is 11.3 Å². The summed E-state index contributed by atoms with van der Waals surface area (Å²) in [6, 6.07) is 16.5. The minimum Gasteiger partial charge on any atom is -0.486 e. The van der Waals surface area contributed by atoms with E-state index in [9.17, 15) is 18.0 Å². The Labute approximate surface area is 179 Å². The average Bonchev–Trinajstić information content (AvgIpc) is 3.18. The molecule has 1 amide bonds. The first-order chi connectivity index (χ1) is 14.7. The van der Waals surface area contributed by atoms with E-state index in [1.165, 1.54) is 6.08 Å². The van der Waals surface area contributed by atoms with Gasteiger partial charge in [0.1, 0.15) is 11.9 Å². The third-order valence-electron chi connectivity index (χ3n) is 4.47. The number of carbonyl (C=O) groups excluding carboxylic acids is 1. The van der Waals surface area contributed by atoms with Crippen molar-refractivity contribution < 1.29 is 22.7 Å². The lowest BCUT2D eigenvalue weighted by Crippen LogP contribution is -2.35. The Hall–Kier alpha value is -3.40. The summed E-state index contributed by atoms with van der Waals surface area (Å²) in [5, 5.41) is 10.8. The van der Waals surface area contributed by atoms with Gasteiger partial charge >= 0.3 is 6.18 Å². The van der Waals surface area contributed by atoms with Crippen molar-refractivity contribution in [3.63, 3.8) is 0 Å². The van der Waals surface area contributed by atoms with E-state index in [-0.39, 0.29) is 28.6 Å². The van der Waals surface area contributed by atoms with Crippen molar-refractivity contribution in [1.82, 2.24) is 5.01 Å². The van der Waals surface area contributed by atoms with Crippen molar-refractivity contribution in [3.8, 4) is 5.75 Å². The summed E-state index contributed by atoms with van der Waals surface area (Å²) in [6.07, 6.45) is -3.45. The van der Waals surface area contributed by atoms with Crippen molar-refractivity contribution >= 4 is 39.8 Å². The summed E-state index contributed by atoms with van der Waals surface area (Å²) in [4.78, 5) is 15.9. The number of hydrogen-bond acceptors (Lipinski definition) is 5. The van der Waals surface area contributed by atoms with E-state index in [2.05, 4.69) is 10.1 Å². The first kappa shape index (κ1) is 20.9. The third-order valence-corrected chi connectivity index (χ3v) is 5.42. The van der Waals surface area contributed by atoms with Gasteiger partial charge in [-0.2, -0.15) is 28.3 Å². The molecule has 0 aromatic heterocycles. The molecule has 1 atom stereocenters. The highest BCUT2D eigenvalue weighted by molar-refractivity contribution is 8.27. The Bertz CT molecular complexity index is 1130. The van der Waals surface area contributed by atoms with Gasteiger partial charge in [-0.25, -0.2) is 0 Å². The van der Waals surface area contributed by atoms with E-state index in [1.54, 1.807) is 24.3 Å². The highest BCUT2D eigenvalue weighted by Gasteiger charge is 2.46. The quantitative estimate of drug-likeness (QED) is 0.673. The number of alkyl halides is 3. The molecule has 0 saturated carbocycles. The van der Waals surface area contributed by atoms with Crippen LogP contribution in [0.3, 0.4) is 0 Å². The van der Waals surface area contributed by atoms with Gasteiger partial charge in [0.25, 0.3) is 5.91 Å². The molecular weight excluding hydrogens is 429 g/mol. The Morgan fingerprint density at radius 1 is 1.13 bits per heavy atom. The predicted molar refractivity (Wildman–Crippen MR) is 113 cm³/mol. The number of carbonyl (C=O) groups is 1. The van der Waals surface area contributed by atoms with Crippen molar-refractivity contribution in [2.75, 3.05) is 0 Å². The number of nitrogens with zero attached hydrogens (tertiary/aromatic N) is 3. The van der Waals surface area contributed by atoms with Gasteiger partial charge < -0.3 is 4.74 Å². The monoisotopic (exact) mass is 444 g/mol. The van der Waals surface area contributed by atoms with Crippen LogP contribution in [0.1, 0.15) is 24.2 Å². The lowest BCUT2D eigenvalue weighted by atomic mass is 10.1. The molecule has 0 spiro atoms. The number of hydrogen-bond donors (Lipinski definition) is 1. The lowest BCUT2D eigenvalue weighted by molar-refractivity contribution is -0.114. The second-order valence-electron chi connectivity index (χ2n) is 6.66. The fourth-order valence-electron chi connectivity index (χ4n) is 2.91. The molecule has 2 aromatic rings. The maximum Gasteiger partial charge on any atom is 0.441 e. The molecule has 0 fully saturated rings. The molecule has 31 heavy (non-hydrogen) atoms. The van der Waals surface area contributed by atoms with Crippen molar-refractivity contribution in [3.05, 3.63) is 71.3 Å². The maximum absolute atomic E-state index is 12.9. The van der Waals surface area contributed by atoms with Gasteiger partial charge in [-0.3, -0.25) is 10.2 Å². The molecule has 4 rings (SSSR count). The third kappa shape index (κ3) is 4.38. The number of amides is 1. The van der Waals surface area contributed by atoms with Crippen LogP contribution in [0.25, 0.3) is 6.08 Å². The van der Waals surface area contributed by atoms with E-state index in [4.69, 9.17) is 10.1 Å². The Kier molecular flexibility index (Phi) is 5.40. The Morgan fingerprint density at radius 2 is 1.81 bits per heavy atom. The zero-order chi connectivity index (χ0) is 22.2. The van der Waals surface area contributed by atoms with Crippen LogP contribution in [-0.2, 0) is 4.79 Å². The minimum absolute atomic E-state index is 0.150. The number of hydrazone groups is 1. The molecular formula is C21H15F3N4O2S. The standard InChI is InChI=1S/C21H15F3N4O2S/c1-12(14-5-3-2-4-6-14)30-15-9-7-13(8-10-15)11-16-17(25)28-20(26-18(16)29)31-19(27-28)21(22,23)24/h2-12,25H,1H3. The average molecular weight is 444 g/mol. The van der Waals surface area contributed by atoms with Gasteiger partial charge in [0.15, 0.2) is 5.84 Å². The fourth-order valence-corrected chi connectivity index (χ4v) is 3.67. The molecule has 6 nitrogen and oxygen atoms in total. The molecule has 1 N–H and O–H groups in total. The van der Waals surface area contributed by atoms with E-state index >= 15 is 0 Å². The first-order valence-electron chi connectivity index (χ1n) is 9.11. The number of rotatable bonds is 4. The molecule has 0 saturated heterocycles. The number of fused-ring (bicyclic) bond motifs is 1. The normalized spacial score (nSPS) is 18.6. The number of thioether (sulfide) groups is 1. The number of amidine groups is 2. The summed E-state index contributed by atoms with van der Waals surface area (Å²) < 4.78 is 44.6. The van der Waals surface area contributed by atoms with Crippen LogP contribution >= 0.6 is 11.8 Å². The second-order valence-corrected chi connectivity index (χ2v) is 7.62. The molecule has 10 heteroatoms. The van der Waals surface area contributed by atoms with Gasteiger partial charge in [0.05, 0.1) is 5.57 Å². The molecule has 158 valence electrons. The molecule has 1 unspecified atom stereocenters. The van der Waals surface area contributed by atoms with Crippen molar-refractivity contribution in [2.45, 2.75) is 19.2 Å². The smallest absolute Gasteiger partial charge is 0.441 e. The zero-order valence-electron chi connectivity index (χ0n) is 16.1. The van der Waals surface area contributed by atoms with Crippen LogP contribution in [0.15, 0.2) is 70.3 Å². The first-order valence-corrected chi connectivity index (χ1v) is 9.93. The highest BCUT2D eigenvalue weighted by atomic mass is 32.2. The van der Waals surface area contributed by atoms with Gasteiger partial charge in [-0.15, -0.1) is 0 Å². The number of halogens is 3. The summed E-state index contributed by atoms with van der Waals surface area (Å²) >= 11 is 0.219. The summed E-state index contributed by atoms with van der Waals surface area (Å²) in [5.41, 5.74) is 1.44. The Morgan fingerprint density at radius 3 is 2.45 bits per heavy atom. The van der Waals surface area contributed by atoms with Crippen LogP contribution in [0.5, 0.6) is 5.75 Å². The van der Waals surface area contributed by atoms with E-state index < -0.39 is 23.0 Å². The SMILES string of the molecule is CC(Oc1ccc(C=C2C(=N)N3N=C(C(F)(F)F)SC3=NC2=O)cc1)c1ccccc1. The molecule has 0 bridgehead atoms.